The van der Waals surface area contributed by atoms with Crippen molar-refractivity contribution in [2.75, 3.05) is 24.9 Å². The largest absolute Gasteiger partial charge is 0.496 e. The number of methoxy groups -OCH3 is 2. The summed E-state index contributed by atoms with van der Waals surface area (Å²) in [5, 5.41) is 6.14. The van der Waals surface area contributed by atoms with Gasteiger partial charge in [-0.1, -0.05) is 36.5 Å². The van der Waals surface area contributed by atoms with Crippen LogP contribution >= 0.6 is 23.1 Å². The van der Waals surface area contributed by atoms with E-state index < -0.39 is 0 Å². The minimum absolute atomic E-state index is 0.105. The van der Waals surface area contributed by atoms with Gasteiger partial charge in [0.05, 0.1) is 29.7 Å². The minimum Gasteiger partial charge on any atom is -0.496 e. The Morgan fingerprint density at radius 2 is 1.72 bits per heavy atom. The Hall–Kier alpha value is -3.56. The predicted molar refractivity (Wildman–Crippen MR) is 147 cm³/mol. The second-order valence-corrected chi connectivity index (χ2v) is 10.3. The van der Waals surface area contributed by atoms with Crippen molar-refractivity contribution in [3.05, 3.63) is 71.8 Å². The molecule has 0 aliphatic carbocycles. The van der Waals surface area contributed by atoms with Crippen LogP contribution in [-0.2, 0) is 4.79 Å². The maximum Gasteiger partial charge on any atom is 0.263 e. The van der Waals surface area contributed by atoms with E-state index in [9.17, 15) is 9.59 Å². The molecular formula is C27H27N3O4S2. The number of aromatic nitrogens is 1. The first-order valence-corrected chi connectivity index (χ1v) is 13.1. The quantitative estimate of drug-likeness (QED) is 0.248. The topological polar surface area (TPSA) is 89.5 Å². The molecule has 2 amide bonds. The molecular weight excluding hydrogens is 494 g/mol. The van der Waals surface area contributed by atoms with Crippen molar-refractivity contribution in [2.45, 2.75) is 30.4 Å². The highest BCUT2D eigenvalue weighted by Crippen LogP contribution is 2.32. The molecule has 0 spiro atoms. The molecule has 2 N–H and O–H groups in total. The third-order valence-electron chi connectivity index (χ3n) is 5.46. The summed E-state index contributed by atoms with van der Waals surface area (Å²) in [4.78, 5) is 31.4. The molecule has 1 unspecified atom stereocenters. The molecule has 4 rings (SSSR count). The first-order chi connectivity index (χ1) is 17.4. The van der Waals surface area contributed by atoms with Crippen molar-refractivity contribution in [1.29, 1.82) is 0 Å². The Morgan fingerprint density at radius 1 is 1.00 bits per heavy atom. The number of nitrogens with zero attached hydrogens (tertiary/aromatic N) is 1. The normalized spacial score (nSPS) is 11.7. The number of ether oxygens (including phenoxy) is 2. The molecule has 186 valence electrons. The van der Waals surface area contributed by atoms with Crippen LogP contribution in [0.25, 0.3) is 10.2 Å². The summed E-state index contributed by atoms with van der Waals surface area (Å²) in [6.45, 7) is 4.00. The van der Waals surface area contributed by atoms with Crippen LogP contribution in [0.15, 0.2) is 65.6 Å². The van der Waals surface area contributed by atoms with Crippen molar-refractivity contribution in [3.8, 4) is 11.5 Å². The number of hydrogen-bond donors (Lipinski definition) is 2. The van der Waals surface area contributed by atoms with Gasteiger partial charge in [-0.05, 0) is 61.4 Å². The molecule has 0 aliphatic rings. The van der Waals surface area contributed by atoms with Crippen molar-refractivity contribution in [1.82, 2.24) is 4.98 Å². The lowest BCUT2D eigenvalue weighted by Crippen LogP contribution is -2.24. The number of carbonyl (C=O) groups is 2. The van der Waals surface area contributed by atoms with Crippen molar-refractivity contribution >= 4 is 55.9 Å². The molecule has 0 radical (unpaired) electrons. The molecule has 0 fully saturated rings. The summed E-state index contributed by atoms with van der Waals surface area (Å²) in [7, 11) is 3.02. The van der Waals surface area contributed by atoms with Crippen LogP contribution in [0.3, 0.4) is 0 Å². The van der Waals surface area contributed by atoms with Crippen LogP contribution in [0.4, 0.5) is 10.8 Å². The summed E-state index contributed by atoms with van der Waals surface area (Å²) >= 11 is 2.91. The lowest BCUT2D eigenvalue weighted by atomic mass is 10.1. The van der Waals surface area contributed by atoms with Gasteiger partial charge in [-0.3, -0.25) is 9.59 Å². The summed E-state index contributed by atoms with van der Waals surface area (Å²) in [5.41, 5.74) is 2.95. The van der Waals surface area contributed by atoms with E-state index in [0.29, 0.717) is 34.3 Å². The second kappa shape index (κ2) is 11.5. The molecule has 0 saturated carbocycles. The Bertz CT molecular complexity index is 1380. The first-order valence-electron chi connectivity index (χ1n) is 11.4. The third-order valence-corrected chi connectivity index (χ3v) is 7.75. The van der Waals surface area contributed by atoms with Crippen molar-refractivity contribution in [2.24, 2.45) is 0 Å². The monoisotopic (exact) mass is 521 g/mol. The third kappa shape index (κ3) is 5.80. The molecule has 36 heavy (non-hydrogen) atoms. The smallest absolute Gasteiger partial charge is 0.263 e. The average molecular weight is 522 g/mol. The van der Waals surface area contributed by atoms with Gasteiger partial charge in [0.15, 0.2) is 5.13 Å². The van der Waals surface area contributed by atoms with E-state index in [1.807, 2.05) is 44.2 Å². The number of thioether (sulfide) groups is 1. The number of anilines is 2. The van der Waals surface area contributed by atoms with E-state index in [2.05, 4.69) is 21.7 Å². The van der Waals surface area contributed by atoms with E-state index in [0.717, 1.165) is 20.7 Å². The summed E-state index contributed by atoms with van der Waals surface area (Å²) in [6, 6.07) is 18.6. The number of nitrogens with one attached hydrogen (secondary N) is 2. The molecule has 4 aromatic rings. The minimum atomic E-state index is -0.345. The van der Waals surface area contributed by atoms with E-state index in [4.69, 9.17) is 9.47 Å². The maximum absolute atomic E-state index is 13.0. The van der Waals surface area contributed by atoms with Gasteiger partial charge in [-0.2, -0.15) is 0 Å². The van der Waals surface area contributed by atoms with Crippen molar-refractivity contribution < 1.29 is 19.1 Å². The molecule has 1 heterocycles. The number of hydrogen-bond acceptors (Lipinski definition) is 7. The molecule has 1 aromatic heterocycles. The molecule has 9 heteroatoms. The van der Waals surface area contributed by atoms with Gasteiger partial charge in [-0.25, -0.2) is 4.98 Å². The zero-order chi connectivity index (χ0) is 25.7. The van der Waals surface area contributed by atoms with Crippen molar-refractivity contribution in [3.63, 3.8) is 0 Å². The first kappa shape index (κ1) is 25.5. The summed E-state index contributed by atoms with van der Waals surface area (Å²) in [6.07, 6.45) is 0.634. The van der Waals surface area contributed by atoms with Gasteiger partial charge in [0.25, 0.3) is 5.91 Å². The summed E-state index contributed by atoms with van der Waals surface area (Å²) in [5.74, 6) is 0.393. The SMILES string of the molecule is CCC(Sc1cccc(NC(=O)c2c(OC)cccc2OC)c1)C(=O)Nc1nc2ccc(C)cc2s1. The van der Waals surface area contributed by atoms with Crippen LogP contribution in [0, 0.1) is 6.92 Å². The zero-order valence-electron chi connectivity index (χ0n) is 20.5. The van der Waals surface area contributed by atoms with Gasteiger partial charge in [0, 0.05) is 10.6 Å². The number of benzene rings is 3. The van der Waals surface area contributed by atoms with Crippen LogP contribution in [-0.4, -0.2) is 36.3 Å². The molecule has 0 saturated heterocycles. The number of rotatable bonds is 9. The number of aryl methyl sites for hydroxylation is 1. The molecule has 1 atom stereocenters. The fourth-order valence-electron chi connectivity index (χ4n) is 3.67. The number of amides is 2. The number of fused-ring (bicyclic) bond motifs is 1. The molecule has 3 aromatic carbocycles. The van der Waals surface area contributed by atoms with Crippen LogP contribution in [0.2, 0.25) is 0 Å². The molecule has 0 aliphatic heterocycles. The highest BCUT2D eigenvalue weighted by Gasteiger charge is 2.21. The number of thiazole rings is 1. The summed E-state index contributed by atoms with van der Waals surface area (Å²) < 4.78 is 11.7. The standard InChI is InChI=1S/C27H27N3O4S2/c1-5-22(25(31)30-27-29-19-13-12-16(2)14-23(19)36-27)35-18-9-6-8-17(15-18)28-26(32)24-20(33-3)10-7-11-21(24)34-4/h6-15,22H,5H2,1-4H3,(H,28,32)(H,29,30,31). The Balaban J connectivity index is 1.46. The van der Waals surface area contributed by atoms with Gasteiger partial charge >= 0.3 is 0 Å². The highest BCUT2D eigenvalue weighted by atomic mass is 32.2. The maximum atomic E-state index is 13.0. The predicted octanol–water partition coefficient (Wildman–Crippen LogP) is 6.38. The average Bonchev–Trinajstić information content (AvgIpc) is 3.27. The van der Waals surface area contributed by atoms with E-state index >= 15 is 0 Å². The van der Waals surface area contributed by atoms with Crippen LogP contribution in [0.5, 0.6) is 11.5 Å². The van der Waals surface area contributed by atoms with Gasteiger partial charge in [0.2, 0.25) is 5.91 Å². The van der Waals surface area contributed by atoms with Gasteiger partial charge < -0.3 is 20.1 Å². The van der Waals surface area contributed by atoms with E-state index in [1.165, 1.54) is 37.3 Å². The molecule has 7 nitrogen and oxygen atoms in total. The second-order valence-electron chi connectivity index (χ2n) is 8.01. The Labute approximate surface area is 218 Å². The lowest BCUT2D eigenvalue weighted by molar-refractivity contribution is -0.115. The van der Waals surface area contributed by atoms with Gasteiger partial charge in [0.1, 0.15) is 17.1 Å². The fraction of sp³-hybridized carbons (Fsp3) is 0.222. The van der Waals surface area contributed by atoms with Gasteiger partial charge in [-0.15, -0.1) is 11.8 Å². The van der Waals surface area contributed by atoms with Crippen LogP contribution in [0.1, 0.15) is 29.3 Å². The fourth-order valence-corrected chi connectivity index (χ4v) is 5.65. The van der Waals surface area contributed by atoms with E-state index in [-0.39, 0.29) is 17.1 Å². The van der Waals surface area contributed by atoms with E-state index in [1.54, 1.807) is 24.3 Å². The Morgan fingerprint density at radius 3 is 2.42 bits per heavy atom. The van der Waals surface area contributed by atoms with Crippen LogP contribution < -0.4 is 20.1 Å². The Kier molecular flexibility index (Phi) is 8.12. The zero-order valence-corrected chi connectivity index (χ0v) is 22.1. The highest BCUT2D eigenvalue weighted by molar-refractivity contribution is 8.00. The molecule has 0 bridgehead atoms. The lowest BCUT2D eigenvalue weighted by Gasteiger charge is -2.15. The number of carbonyl (C=O) groups excluding carboxylic acids is 2.